The summed E-state index contributed by atoms with van der Waals surface area (Å²) >= 11 is 0. The van der Waals surface area contributed by atoms with Crippen LogP contribution in [-0.4, -0.2) is 0 Å². The van der Waals surface area contributed by atoms with Gasteiger partial charge in [0.25, 0.3) is 0 Å². The molecule has 4 aromatic rings. The zero-order chi connectivity index (χ0) is 42.6. The van der Waals surface area contributed by atoms with Crippen molar-refractivity contribution in [3.63, 3.8) is 0 Å². The average Bonchev–Trinajstić information content (AvgIpc) is 3.25. The van der Waals surface area contributed by atoms with Crippen LogP contribution in [0.5, 0.6) is 0 Å². The number of hydrogen-bond donors (Lipinski definition) is 2. The highest BCUT2D eigenvalue weighted by atomic mass is 14.5. The van der Waals surface area contributed by atoms with Gasteiger partial charge in [-0.2, -0.15) is 0 Å². The molecule has 4 N–H and O–H groups in total. The molecule has 4 rings (SSSR count). The highest BCUT2D eigenvalue weighted by Gasteiger charge is 2.18. The third kappa shape index (κ3) is 18.6. The number of rotatable bonds is 33. The van der Waals surface area contributed by atoms with Crippen molar-refractivity contribution in [2.24, 2.45) is 0 Å². The number of anilines is 2. The van der Waals surface area contributed by atoms with Gasteiger partial charge in [-0.25, -0.2) is 0 Å². The molecule has 60 heavy (non-hydrogen) atoms. The molecule has 0 spiro atoms. The molecule has 0 aliphatic carbocycles. The van der Waals surface area contributed by atoms with E-state index in [9.17, 15) is 0 Å². The Morgan fingerprint density at radius 2 is 0.650 bits per heavy atom. The SMILES string of the molecule is CCCCCCCCCCCCC(c1ccc(CCCCCCc2ccc(C(CCCCCCCCCCCC)c3ccc(N)cc3C)cc2)cc1)c1ccc(N)cc1C. The molecular weight excluding hydrogens is 725 g/mol. The van der Waals surface area contributed by atoms with Gasteiger partial charge in [0.05, 0.1) is 0 Å². The smallest absolute Gasteiger partial charge is 0.0316 e. The van der Waals surface area contributed by atoms with Gasteiger partial charge in [0.1, 0.15) is 0 Å². The number of unbranched alkanes of at least 4 members (excludes halogenated alkanes) is 21. The Labute approximate surface area is 370 Å². The minimum absolute atomic E-state index is 0.444. The molecular formula is C58H88N2. The summed E-state index contributed by atoms with van der Waals surface area (Å²) in [6, 6.07) is 32.4. The Morgan fingerprint density at radius 1 is 0.350 bits per heavy atom. The van der Waals surface area contributed by atoms with Crippen LogP contribution in [-0.2, 0) is 12.8 Å². The zero-order valence-electron chi connectivity index (χ0n) is 39.2. The topological polar surface area (TPSA) is 52.0 Å². The Balaban J connectivity index is 1.19. The van der Waals surface area contributed by atoms with Crippen molar-refractivity contribution in [3.05, 3.63) is 129 Å². The maximum atomic E-state index is 6.17. The van der Waals surface area contributed by atoms with Crippen molar-refractivity contribution in [1.29, 1.82) is 0 Å². The van der Waals surface area contributed by atoms with E-state index in [1.165, 1.54) is 224 Å². The molecule has 2 unspecified atom stereocenters. The predicted molar refractivity (Wildman–Crippen MR) is 267 cm³/mol. The van der Waals surface area contributed by atoms with E-state index < -0.39 is 0 Å². The minimum Gasteiger partial charge on any atom is -0.399 e. The fourth-order valence-corrected chi connectivity index (χ4v) is 9.70. The van der Waals surface area contributed by atoms with Crippen LogP contribution in [0.3, 0.4) is 0 Å². The van der Waals surface area contributed by atoms with Crippen molar-refractivity contribution in [3.8, 4) is 0 Å². The molecule has 0 radical (unpaired) electrons. The van der Waals surface area contributed by atoms with Gasteiger partial charge in [0, 0.05) is 23.2 Å². The van der Waals surface area contributed by atoms with Crippen molar-refractivity contribution >= 4 is 11.4 Å². The fourth-order valence-electron chi connectivity index (χ4n) is 9.70. The number of benzene rings is 4. The van der Waals surface area contributed by atoms with Crippen LogP contribution in [0.15, 0.2) is 84.9 Å². The molecule has 4 aromatic carbocycles. The molecule has 330 valence electrons. The number of nitrogens with two attached hydrogens (primary N) is 2. The van der Waals surface area contributed by atoms with E-state index in [0.29, 0.717) is 11.8 Å². The fraction of sp³-hybridized carbons (Fsp3) is 0.586. The van der Waals surface area contributed by atoms with Gasteiger partial charge in [0.15, 0.2) is 0 Å². The molecule has 2 atom stereocenters. The number of nitrogen functional groups attached to an aromatic ring is 2. The molecule has 0 aromatic heterocycles. The Morgan fingerprint density at radius 3 is 0.967 bits per heavy atom. The van der Waals surface area contributed by atoms with Gasteiger partial charge < -0.3 is 11.5 Å². The summed E-state index contributed by atoms with van der Waals surface area (Å²) in [6.07, 6.45) is 37.5. The summed E-state index contributed by atoms with van der Waals surface area (Å²) in [7, 11) is 0. The number of aryl methyl sites for hydroxylation is 4. The summed E-state index contributed by atoms with van der Waals surface area (Å²) < 4.78 is 0. The second kappa shape index (κ2) is 29.7. The van der Waals surface area contributed by atoms with Gasteiger partial charge in [0.2, 0.25) is 0 Å². The molecule has 0 fully saturated rings. The number of hydrogen-bond acceptors (Lipinski definition) is 2. The van der Waals surface area contributed by atoms with Gasteiger partial charge in [-0.1, -0.05) is 216 Å². The maximum Gasteiger partial charge on any atom is 0.0316 e. The molecule has 2 nitrogen and oxygen atoms in total. The van der Waals surface area contributed by atoms with Crippen molar-refractivity contribution in [2.45, 2.75) is 219 Å². The van der Waals surface area contributed by atoms with Crippen LogP contribution < -0.4 is 11.5 Å². The van der Waals surface area contributed by atoms with Gasteiger partial charge in [-0.05, 0) is 121 Å². The highest BCUT2D eigenvalue weighted by molar-refractivity contribution is 5.49. The van der Waals surface area contributed by atoms with Crippen LogP contribution in [0, 0.1) is 13.8 Å². The lowest BCUT2D eigenvalue weighted by Gasteiger charge is -2.21. The molecule has 0 bridgehead atoms. The quantitative estimate of drug-likeness (QED) is 0.0372. The summed E-state index contributed by atoms with van der Waals surface area (Å²) in [6.45, 7) is 9.07. The first kappa shape index (κ1) is 49.1. The van der Waals surface area contributed by atoms with E-state index >= 15 is 0 Å². The first-order valence-electron chi connectivity index (χ1n) is 25.3. The molecule has 2 heteroatoms. The Bertz CT molecular complexity index is 1560. The minimum atomic E-state index is 0.444. The summed E-state index contributed by atoms with van der Waals surface area (Å²) in [5.74, 6) is 0.889. The van der Waals surface area contributed by atoms with Crippen LogP contribution >= 0.6 is 0 Å². The van der Waals surface area contributed by atoms with Crippen molar-refractivity contribution in [2.75, 3.05) is 11.5 Å². The van der Waals surface area contributed by atoms with Crippen LogP contribution in [0.4, 0.5) is 11.4 Å². The lowest BCUT2D eigenvalue weighted by atomic mass is 9.84. The van der Waals surface area contributed by atoms with E-state index in [2.05, 4.69) is 113 Å². The molecule has 0 aliphatic heterocycles. The third-order valence-corrected chi connectivity index (χ3v) is 13.5. The van der Waals surface area contributed by atoms with E-state index in [-0.39, 0.29) is 0 Å². The zero-order valence-corrected chi connectivity index (χ0v) is 39.2. The average molecular weight is 813 g/mol. The summed E-state index contributed by atoms with van der Waals surface area (Å²) in [5.41, 5.74) is 25.5. The Kier molecular flexibility index (Phi) is 24.3. The van der Waals surface area contributed by atoms with Crippen molar-refractivity contribution < 1.29 is 0 Å². The third-order valence-electron chi connectivity index (χ3n) is 13.5. The molecule has 0 saturated carbocycles. The maximum absolute atomic E-state index is 6.17. The van der Waals surface area contributed by atoms with Gasteiger partial charge in [-0.15, -0.1) is 0 Å². The Hall–Kier alpha value is -3.52. The van der Waals surface area contributed by atoms with E-state index in [4.69, 9.17) is 11.5 Å². The first-order chi connectivity index (χ1) is 29.4. The van der Waals surface area contributed by atoms with E-state index in [1.807, 2.05) is 0 Å². The van der Waals surface area contributed by atoms with E-state index in [1.54, 1.807) is 0 Å². The standard InChI is InChI=1S/C58H88N2/c1-5-7-9-11-13-15-17-19-21-27-31-57(55-43-41-53(59)45-47(55)3)51-37-33-49(34-38-51)29-25-23-24-26-30-50-35-39-52(40-36-50)58(56-44-42-54(60)46-48(56)4)32-28-22-20-18-16-14-12-10-8-6-2/h33-46,57-58H,5-32,59-60H2,1-4H3. The molecule has 0 saturated heterocycles. The van der Waals surface area contributed by atoms with Gasteiger partial charge in [-0.3, -0.25) is 0 Å². The lowest BCUT2D eigenvalue weighted by Crippen LogP contribution is -2.05. The highest BCUT2D eigenvalue weighted by Crippen LogP contribution is 2.35. The summed E-state index contributed by atoms with van der Waals surface area (Å²) in [5, 5.41) is 0. The van der Waals surface area contributed by atoms with Crippen LogP contribution in [0.1, 0.15) is 237 Å². The molecule has 0 aliphatic rings. The van der Waals surface area contributed by atoms with Crippen LogP contribution in [0.25, 0.3) is 0 Å². The van der Waals surface area contributed by atoms with Crippen molar-refractivity contribution in [1.82, 2.24) is 0 Å². The monoisotopic (exact) mass is 813 g/mol. The first-order valence-corrected chi connectivity index (χ1v) is 25.3. The lowest BCUT2D eigenvalue weighted by molar-refractivity contribution is 0.540. The summed E-state index contributed by atoms with van der Waals surface area (Å²) in [4.78, 5) is 0. The van der Waals surface area contributed by atoms with Crippen LogP contribution in [0.2, 0.25) is 0 Å². The van der Waals surface area contributed by atoms with Gasteiger partial charge >= 0.3 is 0 Å². The molecule has 0 heterocycles. The predicted octanol–water partition coefficient (Wildman–Crippen LogP) is 17.7. The molecule has 0 amide bonds. The largest absolute Gasteiger partial charge is 0.399 e. The van der Waals surface area contributed by atoms with E-state index in [0.717, 1.165) is 11.4 Å². The second-order valence-electron chi connectivity index (χ2n) is 18.7. The second-order valence-corrected chi connectivity index (χ2v) is 18.7. The normalized spacial score (nSPS) is 12.5.